The van der Waals surface area contributed by atoms with Crippen molar-refractivity contribution < 1.29 is 9.18 Å². The predicted octanol–water partition coefficient (Wildman–Crippen LogP) is 2.36. The van der Waals surface area contributed by atoms with Crippen LogP contribution in [-0.4, -0.2) is 61.2 Å². The Morgan fingerprint density at radius 1 is 1.35 bits per heavy atom. The highest BCUT2D eigenvalue weighted by Crippen LogP contribution is 2.22. The van der Waals surface area contributed by atoms with Crippen molar-refractivity contribution in [1.29, 1.82) is 0 Å². The van der Waals surface area contributed by atoms with Crippen molar-refractivity contribution in [3.05, 3.63) is 29.6 Å². The van der Waals surface area contributed by atoms with Crippen molar-refractivity contribution in [3.63, 3.8) is 0 Å². The number of nitrogens with one attached hydrogen (secondary N) is 1. The average molecular weight is 339 g/mol. The first-order chi connectivity index (χ1) is 11.0. The van der Waals surface area contributed by atoms with Gasteiger partial charge in [0.25, 0.3) is 0 Å². The topological polar surface area (TPSA) is 35.6 Å². The number of piperazine rings is 1. The number of hydrogen-bond donors (Lipinski definition) is 1. The van der Waals surface area contributed by atoms with Crippen LogP contribution in [-0.2, 0) is 4.79 Å². The summed E-state index contributed by atoms with van der Waals surface area (Å²) >= 11 is 1.42. The lowest BCUT2D eigenvalue weighted by molar-refractivity contribution is -0.130. The van der Waals surface area contributed by atoms with Crippen LogP contribution in [0.25, 0.3) is 0 Å². The van der Waals surface area contributed by atoms with Gasteiger partial charge in [0.15, 0.2) is 0 Å². The van der Waals surface area contributed by atoms with Crippen LogP contribution in [0.1, 0.15) is 25.5 Å². The van der Waals surface area contributed by atoms with Crippen molar-refractivity contribution in [2.24, 2.45) is 0 Å². The Morgan fingerprint density at radius 2 is 2.04 bits per heavy atom. The normalized spacial score (nSPS) is 17.3. The molecule has 128 valence electrons. The van der Waals surface area contributed by atoms with Gasteiger partial charge in [-0.2, -0.15) is 0 Å². The molecule has 0 unspecified atom stereocenters. The highest BCUT2D eigenvalue weighted by molar-refractivity contribution is 7.98. The van der Waals surface area contributed by atoms with Gasteiger partial charge in [0, 0.05) is 57.1 Å². The number of benzene rings is 1. The molecule has 6 heteroatoms. The Morgan fingerprint density at radius 3 is 2.61 bits per heavy atom. The van der Waals surface area contributed by atoms with E-state index in [1.54, 1.807) is 13.0 Å². The third-order valence-electron chi connectivity index (χ3n) is 4.37. The molecule has 1 aromatic rings. The number of carbonyl (C=O) groups is 1. The standard InChI is InChI=1S/C17H26FN3OS/c1-13(15-4-5-17(23-3)16(18)12-15)19-6-7-20-8-10-21(11-9-20)14(2)22/h4-5,12-13,19H,6-11H2,1-3H3/t13-/m0/s1. The van der Waals surface area contributed by atoms with Gasteiger partial charge in [0.1, 0.15) is 5.82 Å². The molecule has 0 aliphatic carbocycles. The fourth-order valence-electron chi connectivity index (χ4n) is 2.80. The highest BCUT2D eigenvalue weighted by Gasteiger charge is 2.18. The zero-order chi connectivity index (χ0) is 16.8. The second-order valence-corrected chi connectivity index (χ2v) is 6.77. The van der Waals surface area contributed by atoms with Crippen LogP contribution in [0.3, 0.4) is 0 Å². The van der Waals surface area contributed by atoms with E-state index in [0.29, 0.717) is 4.90 Å². The van der Waals surface area contributed by atoms with Crippen LogP contribution in [0.2, 0.25) is 0 Å². The van der Waals surface area contributed by atoms with Gasteiger partial charge in [0.2, 0.25) is 5.91 Å². The smallest absolute Gasteiger partial charge is 0.219 e. The van der Waals surface area contributed by atoms with Gasteiger partial charge < -0.3 is 10.2 Å². The Hall–Kier alpha value is -1.11. The minimum atomic E-state index is -0.149. The van der Waals surface area contributed by atoms with Crippen molar-refractivity contribution in [1.82, 2.24) is 15.1 Å². The fraction of sp³-hybridized carbons (Fsp3) is 0.588. The lowest BCUT2D eigenvalue weighted by Crippen LogP contribution is -2.49. The average Bonchev–Trinajstić information content (AvgIpc) is 2.55. The van der Waals surface area contributed by atoms with E-state index in [9.17, 15) is 9.18 Å². The second kappa shape index (κ2) is 8.66. The maximum absolute atomic E-state index is 13.8. The number of rotatable bonds is 6. The van der Waals surface area contributed by atoms with Crippen LogP contribution in [0.4, 0.5) is 4.39 Å². The molecule has 0 radical (unpaired) electrons. The van der Waals surface area contributed by atoms with E-state index in [4.69, 9.17) is 0 Å². The zero-order valence-corrected chi connectivity index (χ0v) is 15.0. The summed E-state index contributed by atoms with van der Waals surface area (Å²) in [5, 5.41) is 3.45. The summed E-state index contributed by atoms with van der Waals surface area (Å²) in [6.45, 7) is 8.95. The summed E-state index contributed by atoms with van der Waals surface area (Å²) in [7, 11) is 0. The lowest BCUT2D eigenvalue weighted by atomic mass is 10.1. The Kier molecular flexibility index (Phi) is 6.87. The molecular weight excluding hydrogens is 313 g/mol. The van der Waals surface area contributed by atoms with Crippen molar-refractivity contribution in [2.45, 2.75) is 24.8 Å². The maximum atomic E-state index is 13.8. The van der Waals surface area contributed by atoms with Gasteiger partial charge in [-0.05, 0) is 30.9 Å². The number of amides is 1. The minimum Gasteiger partial charge on any atom is -0.340 e. The van der Waals surface area contributed by atoms with Gasteiger partial charge in [-0.15, -0.1) is 11.8 Å². The van der Waals surface area contributed by atoms with E-state index < -0.39 is 0 Å². The molecule has 1 heterocycles. The van der Waals surface area contributed by atoms with Crippen molar-refractivity contribution in [2.75, 3.05) is 45.5 Å². The predicted molar refractivity (Wildman–Crippen MR) is 93.3 cm³/mol. The van der Waals surface area contributed by atoms with Crippen LogP contribution < -0.4 is 5.32 Å². The monoisotopic (exact) mass is 339 g/mol. The second-order valence-electron chi connectivity index (χ2n) is 5.92. The molecule has 1 aromatic carbocycles. The molecule has 4 nitrogen and oxygen atoms in total. The maximum Gasteiger partial charge on any atom is 0.219 e. The number of halogens is 1. The molecule has 1 atom stereocenters. The van der Waals surface area contributed by atoms with E-state index in [0.717, 1.165) is 44.8 Å². The largest absolute Gasteiger partial charge is 0.340 e. The fourth-order valence-corrected chi connectivity index (χ4v) is 3.25. The van der Waals surface area contributed by atoms with Gasteiger partial charge in [-0.1, -0.05) is 6.07 Å². The summed E-state index contributed by atoms with van der Waals surface area (Å²) in [4.78, 5) is 16.2. The quantitative estimate of drug-likeness (QED) is 0.807. The number of hydrogen-bond acceptors (Lipinski definition) is 4. The first-order valence-corrected chi connectivity index (χ1v) is 9.28. The Balaban J connectivity index is 1.74. The number of thioether (sulfide) groups is 1. The first kappa shape index (κ1) is 18.2. The number of carbonyl (C=O) groups excluding carboxylic acids is 1. The molecule has 1 saturated heterocycles. The van der Waals surface area contributed by atoms with Crippen LogP contribution in [0, 0.1) is 5.82 Å². The Labute approximate surface area is 142 Å². The van der Waals surface area contributed by atoms with E-state index >= 15 is 0 Å². The summed E-state index contributed by atoms with van der Waals surface area (Å²) in [5.74, 6) is 0.0103. The zero-order valence-electron chi connectivity index (χ0n) is 14.1. The summed E-state index contributed by atoms with van der Waals surface area (Å²) in [6, 6.07) is 5.57. The molecule has 0 spiro atoms. The Bertz CT molecular complexity index is 533. The lowest BCUT2D eigenvalue weighted by Gasteiger charge is -2.34. The van der Waals surface area contributed by atoms with E-state index in [2.05, 4.69) is 17.1 Å². The third-order valence-corrected chi connectivity index (χ3v) is 5.14. The van der Waals surface area contributed by atoms with Gasteiger partial charge in [-0.3, -0.25) is 9.69 Å². The van der Waals surface area contributed by atoms with Gasteiger partial charge in [0.05, 0.1) is 0 Å². The molecular formula is C17H26FN3OS. The molecule has 0 bridgehead atoms. The van der Waals surface area contributed by atoms with Crippen LogP contribution in [0.15, 0.2) is 23.1 Å². The molecule has 1 N–H and O–H groups in total. The van der Waals surface area contributed by atoms with Gasteiger partial charge >= 0.3 is 0 Å². The molecule has 0 aromatic heterocycles. The molecule has 1 aliphatic rings. The van der Waals surface area contributed by atoms with Crippen LogP contribution in [0.5, 0.6) is 0 Å². The highest BCUT2D eigenvalue weighted by atomic mass is 32.2. The molecule has 1 amide bonds. The summed E-state index contributed by atoms with van der Waals surface area (Å²) in [5.41, 5.74) is 0.974. The van der Waals surface area contributed by atoms with Crippen molar-refractivity contribution >= 4 is 17.7 Å². The SMILES string of the molecule is CSc1ccc([C@H](C)NCCN2CCN(C(C)=O)CC2)cc1F. The van der Waals surface area contributed by atoms with Gasteiger partial charge in [-0.25, -0.2) is 4.39 Å². The first-order valence-electron chi connectivity index (χ1n) is 8.06. The summed E-state index contributed by atoms with van der Waals surface area (Å²) in [6.07, 6.45) is 1.88. The van der Waals surface area contributed by atoms with E-state index in [1.807, 2.05) is 23.3 Å². The van der Waals surface area contributed by atoms with Crippen molar-refractivity contribution in [3.8, 4) is 0 Å². The minimum absolute atomic E-state index is 0.124. The number of nitrogens with zero attached hydrogens (tertiary/aromatic N) is 2. The van der Waals surface area contributed by atoms with E-state index in [1.165, 1.54) is 11.8 Å². The molecule has 1 aliphatic heterocycles. The van der Waals surface area contributed by atoms with E-state index in [-0.39, 0.29) is 17.8 Å². The molecule has 23 heavy (non-hydrogen) atoms. The molecule has 0 saturated carbocycles. The molecule has 1 fully saturated rings. The summed E-state index contributed by atoms with van der Waals surface area (Å²) < 4.78 is 13.8. The molecule has 2 rings (SSSR count). The van der Waals surface area contributed by atoms with Crippen LogP contribution >= 0.6 is 11.8 Å². The third kappa shape index (κ3) is 5.19.